The van der Waals surface area contributed by atoms with Crippen molar-refractivity contribution in [3.05, 3.63) is 35.9 Å². The highest BCUT2D eigenvalue weighted by Crippen LogP contribution is 2.10. The summed E-state index contributed by atoms with van der Waals surface area (Å²) in [6, 6.07) is 11.3. The second kappa shape index (κ2) is 12.6. The third-order valence-electron chi connectivity index (χ3n) is 3.77. The van der Waals surface area contributed by atoms with E-state index >= 15 is 0 Å². The fourth-order valence-electron chi connectivity index (χ4n) is 2.40. The second-order valence-electron chi connectivity index (χ2n) is 5.92. The second-order valence-corrected chi connectivity index (χ2v) is 5.92. The van der Waals surface area contributed by atoms with Gasteiger partial charge in [-0.1, -0.05) is 30.3 Å². The van der Waals surface area contributed by atoms with Gasteiger partial charge in [0.25, 0.3) is 0 Å². The van der Waals surface area contributed by atoms with Crippen LogP contribution in [0.1, 0.15) is 45.6 Å². The molecule has 0 heterocycles. The van der Waals surface area contributed by atoms with E-state index in [9.17, 15) is 0 Å². The first-order valence-electron chi connectivity index (χ1n) is 8.67. The van der Waals surface area contributed by atoms with Gasteiger partial charge in [0.15, 0.2) is 0 Å². The van der Waals surface area contributed by atoms with Crippen LogP contribution in [0.25, 0.3) is 0 Å². The van der Waals surface area contributed by atoms with Crippen LogP contribution in [0, 0.1) is 0 Å². The van der Waals surface area contributed by atoms with Crippen LogP contribution in [-0.2, 0) is 16.0 Å². The van der Waals surface area contributed by atoms with Crippen LogP contribution in [0.2, 0.25) is 0 Å². The van der Waals surface area contributed by atoms with E-state index in [1.165, 1.54) is 18.4 Å². The maximum absolute atomic E-state index is 5.55. The third-order valence-corrected chi connectivity index (χ3v) is 3.77. The monoisotopic (exact) mass is 307 g/mol. The zero-order chi connectivity index (χ0) is 16.0. The predicted molar refractivity (Wildman–Crippen MR) is 93.2 cm³/mol. The lowest BCUT2D eigenvalue weighted by Crippen LogP contribution is -2.31. The van der Waals surface area contributed by atoms with Crippen LogP contribution < -0.4 is 0 Å². The van der Waals surface area contributed by atoms with Gasteiger partial charge in [0.2, 0.25) is 0 Å². The molecule has 0 aromatic heterocycles. The average molecular weight is 307 g/mol. The Morgan fingerprint density at radius 2 is 1.64 bits per heavy atom. The van der Waals surface area contributed by atoms with Gasteiger partial charge in [-0.3, -0.25) is 4.90 Å². The Balaban J connectivity index is 2.09. The first kappa shape index (κ1) is 19.1. The quantitative estimate of drug-likeness (QED) is 0.512. The van der Waals surface area contributed by atoms with Crippen LogP contribution in [0.3, 0.4) is 0 Å². The molecule has 1 aromatic carbocycles. The van der Waals surface area contributed by atoms with Crippen molar-refractivity contribution in [2.45, 2.75) is 52.6 Å². The van der Waals surface area contributed by atoms with Crippen molar-refractivity contribution >= 4 is 0 Å². The Morgan fingerprint density at radius 1 is 0.909 bits per heavy atom. The molecule has 3 heteroatoms. The molecule has 0 aliphatic rings. The highest BCUT2D eigenvalue weighted by molar-refractivity contribution is 5.14. The number of unbranched alkanes of at least 4 members (excludes halogenated alkanes) is 2. The third kappa shape index (κ3) is 9.19. The fraction of sp³-hybridized carbons (Fsp3) is 0.684. The van der Waals surface area contributed by atoms with Gasteiger partial charge in [0, 0.05) is 25.8 Å². The van der Waals surface area contributed by atoms with Gasteiger partial charge in [0.1, 0.15) is 0 Å². The minimum atomic E-state index is 0.586. The van der Waals surface area contributed by atoms with E-state index in [1.54, 1.807) is 0 Å². The van der Waals surface area contributed by atoms with Crippen LogP contribution in [-0.4, -0.2) is 43.9 Å². The minimum Gasteiger partial charge on any atom is -0.379 e. The van der Waals surface area contributed by atoms with E-state index < -0.39 is 0 Å². The average Bonchev–Trinajstić information content (AvgIpc) is 2.53. The molecule has 0 radical (unpaired) electrons. The standard InChI is InChI=1S/C19H33NO2/c1-4-21-15-16-22-14-10-6-9-13-20(18(2)3)17-19-11-7-5-8-12-19/h5,7-8,11-12,18H,4,6,9-10,13-17H2,1-3H3. The van der Waals surface area contributed by atoms with Crippen molar-refractivity contribution < 1.29 is 9.47 Å². The smallest absolute Gasteiger partial charge is 0.0700 e. The molecular weight excluding hydrogens is 274 g/mol. The predicted octanol–water partition coefficient (Wildman–Crippen LogP) is 4.12. The molecule has 0 aliphatic carbocycles. The maximum atomic E-state index is 5.55. The van der Waals surface area contributed by atoms with Gasteiger partial charge >= 0.3 is 0 Å². The molecule has 0 saturated carbocycles. The lowest BCUT2D eigenvalue weighted by molar-refractivity contribution is 0.0510. The highest BCUT2D eigenvalue weighted by Gasteiger charge is 2.09. The summed E-state index contributed by atoms with van der Waals surface area (Å²) < 4.78 is 10.8. The van der Waals surface area contributed by atoms with E-state index in [0.717, 1.165) is 39.3 Å². The Labute approximate surface area is 136 Å². The molecule has 0 aliphatic heterocycles. The lowest BCUT2D eigenvalue weighted by atomic mass is 10.1. The summed E-state index contributed by atoms with van der Waals surface area (Å²) in [6.45, 7) is 11.8. The number of nitrogens with zero attached hydrogens (tertiary/aromatic N) is 1. The van der Waals surface area contributed by atoms with Crippen LogP contribution >= 0.6 is 0 Å². The molecule has 126 valence electrons. The molecule has 22 heavy (non-hydrogen) atoms. The minimum absolute atomic E-state index is 0.586. The molecule has 0 saturated heterocycles. The summed E-state index contributed by atoms with van der Waals surface area (Å²) >= 11 is 0. The highest BCUT2D eigenvalue weighted by atomic mass is 16.5. The lowest BCUT2D eigenvalue weighted by Gasteiger charge is -2.26. The molecule has 0 unspecified atom stereocenters. The van der Waals surface area contributed by atoms with Gasteiger partial charge in [0.05, 0.1) is 13.2 Å². The van der Waals surface area contributed by atoms with Gasteiger partial charge in [-0.05, 0) is 52.1 Å². The molecule has 0 amide bonds. The SMILES string of the molecule is CCOCCOCCCCCN(Cc1ccccc1)C(C)C. The molecular formula is C19H33NO2. The first-order valence-corrected chi connectivity index (χ1v) is 8.67. The molecule has 1 aromatic rings. The Hall–Kier alpha value is -0.900. The van der Waals surface area contributed by atoms with Gasteiger partial charge < -0.3 is 9.47 Å². The summed E-state index contributed by atoms with van der Waals surface area (Å²) in [5, 5.41) is 0. The molecule has 1 rings (SSSR count). The summed E-state index contributed by atoms with van der Waals surface area (Å²) in [6.07, 6.45) is 3.61. The number of benzene rings is 1. The first-order chi connectivity index (χ1) is 10.7. The molecule has 0 fully saturated rings. The van der Waals surface area contributed by atoms with Gasteiger partial charge in [-0.2, -0.15) is 0 Å². The van der Waals surface area contributed by atoms with Gasteiger partial charge in [-0.25, -0.2) is 0 Å². The molecule has 0 N–H and O–H groups in total. The molecule has 0 atom stereocenters. The van der Waals surface area contributed by atoms with Crippen molar-refractivity contribution in [3.63, 3.8) is 0 Å². The number of hydrogen-bond donors (Lipinski definition) is 0. The number of rotatable bonds is 13. The van der Waals surface area contributed by atoms with Gasteiger partial charge in [-0.15, -0.1) is 0 Å². The van der Waals surface area contributed by atoms with Crippen LogP contribution in [0.15, 0.2) is 30.3 Å². The van der Waals surface area contributed by atoms with E-state index in [-0.39, 0.29) is 0 Å². The van der Waals surface area contributed by atoms with E-state index in [4.69, 9.17) is 9.47 Å². The van der Waals surface area contributed by atoms with Crippen molar-refractivity contribution in [2.75, 3.05) is 33.0 Å². The summed E-state index contributed by atoms with van der Waals surface area (Å²) in [5.74, 6) is 0. The fourth-order valence-corrected chi connectivity index (χ4v) is 2.40. The zero-order valence-corrected chi connectivity index (χ0v) is 14.6. The topological polar surface area (TPSA) is 21.7 Å². The Kier molecular flexibility index (Phi) is 11.0. The summed E-state index contributed by atoms with van der Waals surface area (Å²) in [4.78, 5) is 2.55. The van der Waals surface area contributed by atoms with Crippen molar-refractivity contribution in [1.82, 2.24) is 4.90 Å². The van der Waals surface area contributed by atoms with Crippen molar-refractivity contribution in [2.24, 2.45) is 0 Å². The number of ether oxygens (including phenoxy) is 2. The van der Waals surface area contributed by atoms with E-state index in [1.807, 2.05) is 6.92 Å². The summed E-state index contributed by atoms with van der Waals surface area (Å²) in [5.41, 5.74) is 1.40. The zero-order valence-electron chi connectivity index (χ0n) is 14.6. The Bertz CT molecular complexity index is 354. The summed E-state index contributed by atoms with van der Waals surface area (Å²) in [7, 11) is 0. The van der Waals surface area contributed by atoms with Crippen molar-refractivity contribution in [3.8, 4) is 0 Å². The van der Waals surface area contributed by atoms with Crippen LogP contribution in [0.5, 0.6) is 0 Å². The van der Waals surface area contributed by atoms with E-state index in [0.29, 0.717) is 12.6 Å². The maximum Gasteiger partial charge on any atom is 0.0700 e. The molecule has 0 spiro atoms. The van der Waals surface area contributed by atoms with Crippen LogP contribution in [0.4, 0.5) is 0 Å². The Morgan fingerprint density at radius 3 is 2.32 bits per heavy atom. The van der Waals surface area contributed by atoms with E-state index in [2.05, 4.69) is 49.1 Å². The molecule has 0 bridgehead atoms. The normalized spacial score (nSPS) is 11.5. The molecule has 3 nitrogen and oxygen atoms in total. The van der Waals surface area contributed by atoms with Crippen molar-refractivity contribution in [1.29, 1.82) is 0 Å². The number of hydrogen-bond acceptors (Lipinski definition) is 3. The largest absolute Gasteiger partial charge is 0.379 e.